The van der Waals surface area contributed by atoms with Crippen LogP contribution in [-0.4, -0.2) is 59.4 Å². The number of nitrogens with zero attached hydrogens (tertiary/aromatic N) is 5. The van der Waals surface area contributed by atoms with Crippen LogP contribution in [-0.2, 0) is 29.1 Å². The van der Waals surface area contributed by atoms with Crippen molar-refractivity contribution >= 4 is 34.4 Å². The number of piperazine rings is 1. The maximum absolute atomic E-state index is 13.1. The monoisotopic (exact) mass is 579 g/mol. The van der Waals surface area contributed by atoms with E-state index in [1.165, 1.54) is 33.7 Å². The molecule has 214 valence electrons. The first kappa shape index (κ1) is 28.0. The van der Waals surface area contributed by atoms with E-state index in [9.17, 15) is 4.79 Å². The number of hydrogen-bond acceptors (Lipinski definition) is 7. The van der Waals surface area contributed by atoms with Crippen LogP contribution in [0.5, 0.6) is 0 Å². The summed E-state index contributed by atoms with van der Waals surface area (Å²) in [4.78, 5) is 30.4. The van der Waals surface area contributed by atoms with Crippen LogP contribution >= 0.6 is 11.8 Å². The molecule has 9 heteroatoms. The SMILES string of the molecule is [C-]#[N+]C[C@H]1CN(c2nc(SC)nc3c2COC(c2cccc4cccc(C)c24)C3)CCN1C(=O)OCc1ccccc1. The zero-order valence-electron chi connectivity index (χ0n) is 23.8. The average Bonchev–Trinajstić information content (AvgIpc) is 3.03. The van der Waals surface area contributed by atoms with Gasteiger partial charge in [0.25, 0.3) is 0 Å². The number of ether oxygens (including phenoxy) is 2. The van der Waals surface area contributed by atoms with Crippen LogP contribution in [0.25, 0.3) is 15.6 Å². The number of hydrogen-bond donors (Lipinski definition) is 0. The molecule has 2 aliphatic heterocycles. The molecule has 0 radical (unpaired) electrons. The number of anilines is 1. The lowest BCUT2D eigenvalue weighted by Gasteiger charge is -2.40. The van der Waals surface area contributed by atoms with Gasteiger partial charge in [-0.15, -0.1) is 0 Å². The summed E-state index contributed by atoms with van der Waals surface area (Å²) in [5.74, 6) is 0.837. The number of carbonyl (C=O) groups is 1. The van der Waals surface area contributed by atoms with Crippen LogP contribution in [0.3, 0.4) is 0 Å². The van der Waals surface area contributed by atoms with Crippen LogP contribution < -0.4 is 4.90 Å². The zero-order chi connectivity index (χ0) is 29.1. The fraction of sp³-hybridized carbons (Fsp3) is 0.333. The standard InChI is InChI=1S/C33H33N5O3S/c1-22-9-7-12-24-13-8-14-26(30(22)24)29-17-28-27(21-40-29)31(36-32(35-28)42-3)37-15-16-38(25(19-37)18-34-2)33(39)41-20-23-10-5-4-6-11-23/h4-14,25,29H,15-21H2,1,3H3/t25-,29?/m0/s1. The number of amides is 1. The van der Waals surface area contributed by atoms with Gasteiger partial charge in [-0.2, -0.15) is 0 Å². The minimum Gasteiger partial charge on any atom is -0.445 e. The number of aryl methyl sites for hydroxylation is 1. The summed E-state index contributed by atoms with van der Waals surface area (Å²) in [7, 11) is 0. The second-order valence-electron chi connectivity index (χ2n) is 10.7. The Labute approximate surface area is 250 Å². The maximum atomic E-state index is 13.1. The number of benzene rings is 3. The van der Waals surface area contributed by atoms with Crippen LogP contribution in [0.2, 0.25) is 0 Å². The Hall–Kier alpha value is -4.13. The third-order valence-corrected chi connectivity index (χ3v) is 8.60. The van der Waals surface area contributed by atoms with Crippen molar-refractivity contribution in [3.8, 4) is 0 Å². The van der Waals surface area contributed by atoms with E-state index in [-0.39, 0.29) is 25.3 Å². The Morgan fingerprint density at radius 3 is 2.69 bits per heavy atom. The molecule has 8 nitrogen and oxygen atoms in total. The molecule has 0 bridgehead atoms. The van der Waals surface area contributed by atoms with Gasteiger partial charge in [-0.25, -0.2) is 21.3 Å². The predicted molar refractivity (Wildman–Crippen MR) is 165 cm³/mol. The maximum Gasteiger partial charge on any atom is 0.410 e. The minimum absolute atomic E-state index is 0.106. The summed E-state index contributed by atoms with van der Waals surface area (Å²) < 4.78 is 12.1. The second kappa shape index (κ2) is 12.4. The van der Waals surface area contributed by atoms with Crippen molar-refractivity contribution in [3.05, 3.63) is 106 Å². The number of carbonyl (C=O) groups excluding carboxylic acids is 1. The zero-order valence-corrected chi connectivity index (χ0v) is 24.6. The first-order valence-corrected chi connectivity index (χ1v) is 15.4. The normalized spacial score (nSPS) is 18.4. The van der Waals surface area contributed by atoms with Gasteiger partial charge in [-0.3, -0.25) is 4.90 Å². The van der Waals surface area contributed by atoms with Crippen LogP contribution in [0.4, 0.5) is 10.6 Å². The second-order valence-corrected chi connectivity index (χ2v) is 11.4. The smallest absolute Gasteiger partial charge is 0.410 e. The molecule has 2 atom stereocenters. The lowest BCUT2D eigenvalue weighted by molar-refractivity contribution is 0.0264. The topological polar surface area (TPSA) is 72.2 Å². The summed E-state index contributed by atoms with van der Waals surface area (Å²) in [6.07, 6.45) is 2.14. The summed E-state index contributed by atoms with van der Waals surface area (Å²) in [6.45, 7) is 12.0. The van der Waals surface area contributed by atoms with E-state index >= 15 is 0 Å². The molecule has 42 heavy (non-hydrogen) atoms. The van der Waals surface area contributed by atoms with Gasteiger partial charge in [-0.1, -0.05) is 78.5 Å². The summed E-state index contributed by atoms with van der Waals surface area (Å²) in [5.41, 5.74) is 5.33. The molecule has 0 aliphatic carbocycles. The van der Waals surface area contributed by atoms with E-state index in [4.69, 9.17) is 26.0 Å². The molecule has 1 aromatic heterocycles. The van der Waals surface area contributed by atoms with Crippen molar-refractivity contribution in [2.75, 3.05) is 37.3 Å². The van der Waals surface area contributed by atoms with Gasteiger partial charge < -0.3 is 19.2 Å². The van der Waals surface area contributed by atoms with Crippen molar-refractivity contribution in [1.82, 2.24) is 14.9 Å². The molecule has 0 saturated carbocycles. The lowest BCUT2D eigenvalue weighted by atomic mass is 9.92. The highest BCUT2D eigenvalue weighted by Crippen LogP contribution is 2.38. The van der Waals surface area contributed by atoms with Crippen LogP contribution in [0.15, 0.2) is 71.9 Å². The fourth-order valence-electron chi connectivity index (χ4n) is 5.97. The van der Waals surface area contributed by atoms with Gasteiger partial charge in [0.2, 0.25) is 6.54 Å². The van der Waals surface area contributed by atoms with E-state index in [2.05, 4.69) is 53.1 Å². The largest absolute Gasteiger partial charge is 0.445 e. The van der Waals surface area contributed by atoms with Crippen LogP contribution in [0, 0.1) is 13.5 Å². The molecule has 2 aliphatic rings. The number of fused-ring (bicyclic) bond motifs is 2. The van der Waals surface area contributed by atoms with Crippen molar-refractivity contribution < 1.29 is 14.3 Å². The van der Waals surface area contributed by atoms with Gasteiger partial charge in [-0.05, 0) is 40.6 Å². The number of aromatic nitrogens is 2. The Kier molecular flexibility index (Phi) is 8.27. The highest BCUT2D eigenvalue weighted by atomic mass is 32.2. The molecule has 0 spiro atoms. The van der Waals surface area contributed by atoms with Crippen molar-refractivity contribution in [2.45, 2.75) is 43.9 Å². The molecule has 1 amide bonds. The number of rotatable bonds is 6. The van der Waals surface area contributed by atoms with E-state index in [1.54, 1.807) is 4.90 Å². The molecule has 0 N–H and O–H groups in total. The summed E-state index contributed by atoms with van der Waals surface area (Å²) >= 11 is 1.52. The van der Waals surface area contributed by atoms with Crippen molar-refractivity contribution in [1.29, 1.82) is 0 Å². The van der Waals surface area contributed by atoms with Crippen molar-refractivity contribution in [3.63, 3.8) is 0 Å². The van der Waals surface area contributed by atoms with Crippen LogP contribution in [0.1, 0.15) is 34.1 Å². The van der Waals surface area contributed by atoms with E-state index < -0.39 is 6.09 Å². The Morgan fingerprint density at radius 2 is 1.90 bits per heavy atom. The molecule has 1 unspecified atom stereocenters. The fourth-order valence-corrected chi connectivity index (χ4v) is 6.34. The molecule has 3 aromatic carbocycles. The third kappa shape index (κ3) is 5.65. The summed E-state index contributed by atoms with van der Waals surface area (Å²) in [6, 6.07) is 22.1. The molecular weight excluding hydrogens is 546 g/mol. The molecule has 1 saturated heterocycles. The van der Waals surface area contributed by atoms with Gasteiger partial charge in [0.05, 0.1) is 18.4 Å². The number of thioether (sulfide) groups is 1. The molecule has 4 aromatic rings. The molecule has 3 heterocycles. The molecular formula is C33H33N5O3S. The van der Waals surface area contributed by atoms with Gasteiger partial charge in [0.15, 0.2) is 5.16 Å². The van der Waals surface area contributed by atoms with E-state index in [0.29, 0.717) is 37.8 Å². The highest BCUT2D eigenvalue weighted by Gasteiger charge is 2.36. The summed E-state index contributed by atoms with van der Waals surface area (Å²) in [5, 5.41) is 3.16. The Balaban J connectivity index is 1.24. The minimum atomic E-state index is -0.391. The predicted octanol–water partition coefficient (Wildman–Crippen LogP) is 6.22. The van der Waals surface area contributed by atoms with Crippen molar-refractivity contribution in [2.24, 2.45) is 0 Å². The van der Waals surface area contributed by atoms with Gasteiger partial charge in [0.1, 0.15) is 18.5 Å². The lowest BCUT2D eigenvalue weighted by Crippen LogP contribution is -2.57. The quantitative estimate of drug-likeness (QED) is 0.153. The first-order valence-electron chi connectivity index (χ1n) is 14.1. The molecule has 6 rings (SSSR count). The first-order chi connectivity index (χ1) is 20.6. The van der Waals surface area contributed by atoms with Gasteiger partial charge in [0, 0.05) is 31.6 Å². The van der Waals surface area contributed by atoms with E-state index in [1.807, 2.05) is 36.6 Å². The molecule has 1 fully saturated rings. The Bertz CT molecular complexity index is 1640. The van der Waals surface area contributed by atoms with Gasteiger partial charge >= 0.3 is 6.09 Å². The highest BCUT2D eigenvalue weighted by molar-refractivity contribution is 7.98. The Morgan fingerprint density at radius 1 is 1.10 bits per heavy atom. The van der Waals surface area contributed by atoms with E-state index in [0.717, 1.165) is 22.6 Å². The third-order valence-electron chi connectivity index (χ3n) is 8.06. The average molecular weight is 580 g/mol.